The molecule has 2 fully saturated rings. The Hall–Kier alpha value is -1.10. The van der Waals surface area contributed by atoms with E-state index in [9.17, 15) is 14.7 Å². The number of aliphatic carboxylic acids is 1. The minimum absolute atomic E-state index is 0.00601. The van der Waals surface area contributed by atoms with E-state index in [1.165, 1.54) is 0 Å². The Morgan fingerprint density at radius 1 is 1.53 bits per heavy atom. The molecule has 1 saturated heterocycles. The van der Waals surface area contributed by atoms with Crippen LogP contribution in [0.15, 0.2) is 0 Å². The molecule has 1 aliphatic heterocycles. The van der Waals surface area contributed by atoms with Gasteiger partial charge < -0.3 is 10.4 Å². The number of carboxylic acids is 1. The second kappa shape index (κ2) is 4.64. The largest absolute Gasteiger partial charge is 0.481 e. The number of rotatable bonds is 5. The Bertz CT molecular complexity index is 332. The fraction of sp³-hybridized carbons (Fsp3) is 0.833. The van der Waals surface area contributed by atoms with E-state index in [0.29, 0.717) is 25.6 Å². The lowest BCUT2D eigenvalue weighted by atomic mass is 9.97. The van der Waals surface area contributed by atoms with Gasteiger partial charge in [-0.1, -0.05) is 6.92 Å². The van der Waals surface area contributed by atoms with E-state index in [0.717, 1.165) is 25.8 Å². The van der Waals surface area contributed by atoms with Crippen molar-refractivity contribution < 1.29 is 14.7 Å². The maximum absolute atomic E-state index is 11.6. The second-order valence-corrected chi connectivity index (χ2v) is 5.21. The third-order valence-corrected chi connectivity index (χ3v) is 3.90. The first-order chi connectivity index (χ1) is 8.08. The molecule has 0 radical (unpaired) electrons. The van der Waals surface area contributed by atoms with Gasteiger partial charge >= 0.3 is 5.97 Å². The lowest BCUT2D eigenvalue weighted by molar-refractivity contribution is -0.146. The number of amides is 1. The summed E-state index contributed by atoms with van der Waals surface area (Å²) < 4.78 is 0. The average molecular weight is 240 g/mol. The number of fused-ring (bicyclic) bond motifs is 1. The average Bonchev–Trinajstić information content (AvgIpc) is 3.01. The fourth-order valence-electron chi connectivity index (χ4n) is 2.76. The van der Waals surface area contributed by atoms with Crippen LogP contribution in [-0.4, -0.2) is 48.1 Å². The monoisotopic (exact) mass is 240 g/mol. The van der Waals surface area contributed by atoms with Gasteiger partial charge in [0.2, 0.25) is 5.91 Å². The third kappa shape index (κ3) is 2.44. The molecule has 5 heteroatoms. The zero-order chi connectivity index (χ0) is 12.5. The number of likely N-dealkylation sites (tertiary alicyclic amines) is 1. The van der Waals surface area contributed by atoms with Gasteiger partial charge in [-0.05, 0) is 31.7 Å². The SMILES string of the molecule is CCCNC(=O)CN1CCC2CC2(C(=O)O)C1. The van der Waals surface area contributed by atoms with E-state index >= 15 is 0 Å². The van der Waals surface area contributed by atoms with Gasteiger partial charge in [-0.15, -0.1) is 0 Å². The van der Waals surface area contributed by atoms with E-state index in [4.69, 9.17) is 0 Å². The van der Waals surface area contributed by atoms with E-state index in [2.05, 4.69) is 5.32 Å². The van der Waals surface area contributed by atoms with Crippen LogP contribution in [0.3, 0.4) is 0 Å². The van der Waals surface area contributed by atoms with Gasteiger partial charge in [0.15, 0.2) is 0 Å². The molecule has 0 bridgehead atoms. The highest BCUT2D eigenvalue weighted by Gasteiger charge is 2.62. The molecule has 1 heterocycles. The molecule has 2 atom stereocenters. The highest BCUT2D eigenvalue weighted by Crippen LogP contribution is 2.57. The molecule has 0 spiro atoms. The van der Waals surface area contributed by atoms with Crippen LogP contribution in [-0.2, 0) is 9.59 Å². The van der Waals surface area contributed by atoms with Crippen LogP contribution in [0.5, 0.6) is 0 Å². The molecule has 17 heavy (non-hydrogen) atoms. The van der Waals surface area contributed by atoms with Crippen LogP contribution in [0.1, 0.15) is 26.2 Å². The summed E-state index contributed by atoms with van der Waals surface area (Å²) in [6.07, 6.45) is 2.62. The zero-order valence-electron chi connectivity index (χ0n) is 10.2. The molecular weight excluding hydrogens is 220 g/mol. The topological polar surface area (TPSA) is 69.6 Å². The third-order valence-electron chi connectivity index (χ3n) is 3.90. The molecule has 1 saturated carbocycles. The van der Waals surface area contributed by atoms with Crippen molar-refractivity contribution in [3.05, 3.63) is 0 Å². The first-order valence-electron chi connectivity index (χ1n) is 6.31. The lowest BCUT2D eigenvalue weighted by Gasteiger charge is -2.29. The minimum Gasteiger partial charge on any atom is -0.481 e. The molecule has 1 amide bonds. The Morgan fingerprint density at radius 3 is 2.94 bits per heavy atom. The van der Waals surface area contributed by atoms with E-state index in [-0.39, 0.29) is 5.91 Å². The normalized spacial score (nSPS) is 31.7. The molecule has 2 rings (SSSR count). The van der Waals surface area contributed by atoms with Gasteiger partial charge in [0.1, 0.15) is 0 Å². The van der Waals surface area contributed by atoms with Crippen molar-refractivity contribution >= 4 is 11.9 Å². The zero-order valence-corrected chi connectivity index (χ0v) is 10.2. The van der Waals surface area contributed by atoms with Gasteiger partial charge in [0, 0.05) is 13.1 Å². The van der Waals surface area contributed by atoms with Crippen molar-refractivity contribution in [2.45, 2.75) is 26.2 Å². The van der Waals surface area contributed by atoms with Crippen LogP contribution < -0.4 is 5.32 Å². The number of carbonyl (C=O) groups excluding carboxylic acids is 1. The Morgan fingerprint density at radius 2 is 2.29 bits per heavy atom. The maximum Gasteiger partial charge on any atom is 0.311 e. The van der Waals surface area contributed by atoms with E-state index < -0.39 is 11.4 Å². The minimum atomic E-state index is -0.693. The van der Waals surface area contributed by atoms with Gasteiger partial charge in [-0.2, -0.15) is 0 Å². The van der Waals surface area contributed by atoms with Gasteiger partial charge in [-0.3, -0.25) is 14.5 Å². The van der Waals surface area contributed by atoms with Crippen LogP contribution in [0.4, 0.5) is 0 Å². The molecule has 0 aromatic rings. The van der Waals surface area contributed by atoms with Crippen LogP contribution >= 0.6 is 0 Å². The predicted octanol–water partition coefficient (Wildman–Crippen LogP) is 0.309. The number of carboxylic acid groups (broad SMARTS) is 1. The van der Waals surface area contributed by atoms with E-state index in [1.807, 2.05) is 11.8 Å². The summed E-state index contributed by atoms with van der Waals surface area (Å²) in [6.45, 7) is 4.42. The molecule has 2 unspecified atom stereocenters. The van der Waals surface area contributed by atoms with Crippen molar-refractivity contribution in [1.29, 1.82) is 0 Å². The van der Waals surface area contributed by atoms with Gasteiger partial charge in [0.05, 0.1) is 12.0 Å². The first-order valence-corrected chi connectivity index (χ1v) is 6.31. The molecule has 0 aromatic carbocycles. The Balaban J connectivity index is 1.83. The standard InChI is InChI=1S/C12H20N2O3/c1-2-4-13-10(15)7-14-5-3-9-6-12(9,8-14)11(16)17/h9H,2-8H2,1H3,(H,13,15)(H,16,17). The highest BCUT2D eigenvalue weighted by molar-refractivity contribution is 5.80. The van der Waals surface area contributed by atoms with Crippen molar-refractivity contribution in [2.24, 2.45) is 11.3 Å². The molecule has 2 N–H and O–H groups in total. The summed E-state index contributed by atoms with van der Waals surface area (Å²) in [4.78, 5) is 24.7. The maximum atomic E-state index is 11.6. The van der Waals surface area contributed by atoms with Crippen LogP contribution in [0.2, 0.25) is 0 Å². The van der Waals surface area contributed by atoms with Crippen molar-refractivity contribution in [2.75, 3.05) is 26.2 Å². The smallest absolute Gasteiger partial charge is 0.311 e. The Kier molecular flexibility index (Phi) is 3.38. The number of carbonyl (C=O) groups is 2. The first kappa shape index (κ1) is 12.4. The summed E-state index contributed by atoms with van der Waals surface area (Å²) in [6, 6.07) is 0. The van der Waals surface area contributed by atoms with Crippen molar-refractivity contribution in [3.8, 4) is 0 Å². The highest BCUT2D eigenvalue weighted by atomic mass is 16.4. The molecule has 1 aliphatic carbocycles. The molecule has 0 aromatic heterocycles. The van der Waals surface area contributed by atoms with Crippen LogP contribution in [0, 0.1) is 11.3 Å². The van der Waals surface area contributed by atoms with Crippen molar-refractivity contribution in [1.82, 2.24) is 10.2 Å². The lowest BCUT2D eigenvalue weighted by Crippen LogP contribution is -2.45. The quantitative estimate of drug-likeness (QED) is 0.725. The predicted molar refractivity (Wildman–Crippen MR) is 62.5 cm³/mol. The number of hydrogen-bond acceptors (Lipinski definition) is 3. The molecule has 2 aliphatic rings. The second-order valence-electron chi connectivity index (χ2n) is 5.21. The van der Waals surface area contributed by atoms with Crippen molar-refractivity contribution in [3.63, 3.8) is 0 Å². The van der Waals surface area contributed by atoms with Gasteiger partial charge in [-0.25, -0.2) is 0 Å². The summed E-state index contributed by atoms with van der Waals surface area (Å²) in [7, 11) is 0. The number of nitrogens with one attached hydrogen (secondary N) is 1. The summed E-state index contributed by atoms with van der Waals surface area (Å²) in [5, 5.41) is 12.0. The Labute approximate surface area is 101 Å². The summed E-state index contributed by atoms with van der Waals surface area (Å²) in [5.74, 6) is -0.345. The van der Waals surface area contributed by atoms with E-state index in [1.54, 1.807) is 0 Å². The molecule has 96 valence electrons. The van der Waals surface area contributed by atoms with Crippen LogP contribution in [0.25, 0.3) is 0 Å². The van der Waals surface area contributed by atoms with Gasteiger partial charge in [0.25, 0.3) is 0 Å². The summed E-state index contributed by atoms with van der Waals surface area (Å²) >= 11 is 0. The fourth-order valence-corrected chi connectivity index (χ4v) is 2.76. The molecular formula is C12H20N2O3. The summed E-state index contributed by atoms with van der Waals surface area (Å²) in [5.41, 5.74) is -0.538. The number of piperidine rings is 1. The number of nitrogens with zero attached hydrogens (tertiary/aromatic N) is 1. The molecule has 5 nitrogen and oxygen atoms in total. The number of hydrogen-bond donors (Lipinski definition) is 2.